The molecular weight excluding hydrogens is 188 g/mol. The SMILES string of the molecule is CCCCNC(=O)CN1CCCCC1C. The van der Waals surface area contributed by atoms with Gasteiger partial charge >= 0.3 is 0 Å². The van der Waals surface area contributed by atoms with Crippen molar-refractivity contribution in [3.63, 3.8) is 0 Å². The van der Waals surface area contributed by atoms with Crippen molar-refractivity contribution in [1.82, 2.24) is 10.2 Å². The fourth-order valence-corrected chi connectivity index (χ4v) is 2.04. The topological polar surface area (TPSA) is 32.3 Å². The summed E-state index contributed by atoms with van der Waals surface area (Å²) < 4.78 is 0. The van der Waals surface area contributed by atoms with Crippen molar-refractivity contribution in [3.05, 3.63) is 0 Å². The van der Waals surface area contributed by atoms with Gasteiger partial charge in [0.1, 0.15) is 0 Å². The molecule has 0 aromatic carbocycles. The zero-order valence-corrected chi connectivity index (χ0v) is 10.1. The molecule has 0 radical (unpaired) electrons. The standard InChI is InChI=1S/C12H24N2O/c1-3-4-8-13-12(15)10-14-9-6-5-7-11(14)2/h11H,3-10H2,1-2H3,(H,13,15). The van der Waals surface area contributed by atoms with E-state index in [-0.39, 0.29) is 5.91 Å². The summed E-state index contributed by atoms with van der Waals surface area (Å²) >= 11 is 0. The zero-order chi connectivity index (χ0) is 11.1. The Morgan fingerprint density at radius 2 is 2.27 bits per heavy atom. The van der Waals surface area contributed by atoms with Gasteiger partial charge in [-0.15, -0.1) is 0 Å². The molecule has 1 fully saturated rings. The van der Waals surface area contributed by atoms with E-state index in [2.05, 4.69) is 24.1 Å². The molecule has 1 aliphatic heterocycles. The van der Waals surface area contributed by atoms with Crippen molar-refractivity contribution in [1.29, 1.82) is 0 Å². The van der Waals surface area contributed by atoms with Gasteiger partial charge in [0.2, 0.25) is 5.91 Å². The van der Waals surface area contributed by atoms with E-state index in [9.17, 15) is 4.79 Å². The number of hydrogen-bond acceptors (Lipinski definition) is 2. The molecule has 0 spiro atoms. The number of carbonyl (C=O) groups is 1. The number of amides is 1. The monoisotopic (exact) mass is 212 g/mol. The zero-order valence-electron chi connectivity index (χ0n) is 10.1. The molecular formula is C12H24N2O. The van der Waals surface area contributed by atoms with Crippen molar-refractivity contribution < 1.29 is 4.79 Å². The summed E-state index contributed by atoms with van der Waals surface area (Å²) in [4.78, 5) is 13.9. The molecule has 1 atom stereocenters. The number of unbranched alkanes of at least 4 members (excludes halogenated alkanes) is 1. The van der Waals surface area contributed by atoms with E-state index in [0.717, 1.165) is 25.9 Å². The molecule has 0 aliphatic carbocycles. The summed E-state index contributed by atoms with van der Waals surface area (Å²) in [5.41, 5.74) is 0. The van der Waals surface area contributed by atoms with Gasteiger partial charge in [-0.05, 0) is 32.7 Å². The van der Waals surface area contributed by atoms with Crippen molar-refractivity contribution in [3.8, 4) is 0 Å². The van der Waals surface area contributed by atoms with Crippen molar-refractivity contribution >= 4 is 5.91 Å². The number of nitrogens with zero attached hydrogens (tertiary/aromatic N) is 1. The second-order valence-corrected chi connectivity index (χ2v) is 4.52. The molecule has 1 saturated heterocycles. The summed E-state index contributed by atoms with van der Waals surface area (Å²) in [6.07, 6.45) is 6.02. The second kappa shape index (κ2) is 6.83. The van der Waals surface area contributed by atoms with E-state index in [4.69, 9.17) is 0 Å². The van der Waals surface area contributed by atoms with Crippen LogP contribution in [0.2, 0.25) is 0 Å². The molecule has 1 N–H and O–H groups in total. The lowest BCUT2D eigenvalue weighted by Gasteiger charge is -2.32. The van der Waals surface area contributed by atoms with E-state index in [1.165, 1.54) is 19.3 Å². The highest BCUT2D eigenvalue weighted by atomic mass is 16.2. The van der Waals surface area contributed by atoms with E-state index in [0.29, 0.717) is 12.6 Å². The summed E-state index contributed by atoms with van der Waals surface area (Å²) in [7, 11) is 0. The Hall–Kier alpha value is -0.570. The van der Waals surface area contributed by atoms with Gasteiger partial charge in [0.05, 0.1) is 6.54 Å². The van der Waals surface area contributed by atoms with Crippen LogP contribution in [0.25, 0.3) is 0 Å². The average Bonchev–Trinajstić information content (AvgIpc) is 2.22. The maximum Gasteiger partial charge on any atom is 0.234 e. The number of carbonyl (C=O) groups excluding carboxylic acids is 1. The van der Waals surface area contributed by atoms with Gasteiger partial charge in [0.25, 0.3) is 0 Å². The van der Waals surface area contributed by atoms with Crippen LogP contribution in [0.4, 0.5) is 0 Å². The molecule has 0 aromatic rings. The molecule has 88 valence electrons. The third-order valence-corrected chi connectivity index (χ3v) is 3.14. The van der Waals surface area contributed by atoms with E-state index >= 15 is 0 Å². The van der Waals surface area contributed by atoms with Gasteiger partial charge in [0.15, 0.2) is 0 Å². The maximum atomic E-state index is 11.6. The Balaban J connectivity index is 2.18. The molecule has 1 aliphatic rings. The molecule has 0 aromatic heterocycles. The molecule has 3 nitrogen and oxygen atoms in total. The van der Waals surface area contributed by atoms with Crippen LogP contribution in [0.15, 0.2) is 0 Å². The van der Waals surface area contributed by atoms with Gasteiger partial charge < -0.3 is 5.32 Å². The summed E-state index contributed by atoms with van der Waals surface area (Å²) in [6.45, 7) is 6.86. The van der Waals surface area contributed by atoms with Gasteiger partial charge in [-0.2, -0.15) is 0 Å². The largest absolute Gasteiger partial charge is 0.355 e. The first-order valence-electron chi connectivity index (χ1n) is 6.24. The molecule has 1 unspecified atom stereocenters. The minimum absolute atomic E-state index is 0.192. The average molecular weight is 212 g/mol. The van der Waals surface area contributed by atoms with E-state index < -0.39 is 0 Å². The molecule has 0 bridgehead atoms. The third-order valence-electron chi connectivity index (χ3n) is 3.14. The Labute approximate surface area is 93.2 Å². The number of piperidine rings is 1. The quantitative estimate of drug-likeness (QED) is 0.705. The van der Waals surface area contributed by atoms with E-state index in [1.807, 2.05) is 0 Å². The van der Waals surface area contributed by atoms with E-state index in [1.54, 1.807) is 0 Å². The van der Waals surface area contributed by atoms with Crippen LogP contribution in [0.1, 0.15) is 46.0 Å². The molecule has 1 rings (SSSR count). The minimum Gasteiger partial charge on any atom is -0.355 e. The van der Waals surface area contributed by atoms with Crippen molar-refractivity contribution in [2.75, 3.05) is 19.6 Å². The van der Waals surface area contributed by atoms with Crippen molar-refractivity contribution in [2.24, 2.45) is 0 Å². The maximum absolute atomic E-state index is 11.6. The predicted octanol–water partition coefficient (Wildman–Crippen LogP) is 1.78. The fraction of sp³-hybridized carbons (Fsp3) is 0.917. The van der Waals surface area contributed by atoms with Crippen LogP contribution < -0.4 is 5.32 Å². The molecule has 0 saturated carbocycles. The van der Waals surface area contributed by atoms with Crippen LogP contribution in [0, 0.1) is 0 Å². The fourth-order valence-electron chi connectivity index (χ4n) is 2.04. The van der Waals surface area contributed by atoms with Crippen LogP contribution in [-0.4, -0.2) is 36.5 Å². The van der Waals surface area contributed by atoms with Crippen LogP contribution in [0.3, 0.4) is 0 Å². The first kappa shape index (κ1) is 12.5. The summed E-state index contributed by atoms with van der Waals surface area (Å²) in [5, 5.41) is 2.97. The van der Waals surface area contributed by atoms with Crippen LogP contribution in [0.5, 0.6) is 0 Å². The molecule has 15 heavy (non-hydrogen) atoms. The first-order valence-corrected chi connectivity index (χ1v) is 6.24. The van der Waals surface area contributed by atoms with Crippen molar-refractivity contribution in [2.45, 2.75) is 52.0 Å². The Morgan fingerprint density at radius 1 is 1.47 bits per heavy atom. The highest BCUT2D eigenvalue weighted by Gasteiger charge is 2.19. The van der Waals surface area contributed by atoms with Crippen LogP contribution >= 0.6 is 0 Å². The lowest BCUT2D eigenvalue weighted by molar-refractivity contribution is -0.123. The number of likely N-dealkylation sites (tertiary alicyclic amines) is 1. The van der Waals surface area contributed by atoms with Crippen LogP contribution in [-0.2, 0) is 4.79 Å². The van der Waals surface area contributed by atoms with Gasteiger partial charge in [-0.25, -0.2) is 0 Å². The molecule has 1 amide bonds. The lowest BCUT2D eigenvalue weighted by atomic mass is 10.0. The van der Waals surface area contributed by atoms with Gasteiger partial charge in [-0.3, -0.25) is 9.69 Å². The Kier molecular flexibility index (Phi) is 5.69. The predicted molar refractivity (Wildman–Crippen MR) is 62.8 cm³/mol. The third kappa shape index (κ3) is 4.65. The number of rotatable bonds is 5. The molecule has 3 heteroatoms. The second-order valence-electron chi connectivity index (χ2n) is 4.52. The van der Waals surface area contributed by atoms with Gasteiger partial charge in [0, 0.05) is 12.6 Å². The minimum atomic E-state index is 0.192. The summed E-state index contributed by atoms with van der Waals surface area (Å²) in [5.74, 6) is 0.192. The molecule has 1 heterocycles. The number of nitrogens with one attached hydrogen (secondary N) is 1. The highest BCUT2D eigenvalue weighted by molar-refractivity contribution is 5.78. The Bertz CT molecular complexity index is 194. The first-order chi connectivity index (χ1) is 7.24. The lowest BCUT2D eigenvalue weighted by Crippen LogP contribution is -2.44. The Morgan fingerprint density at radius 3 is 2.93 bits per heavy atom. The smallest absolute Gasteiger partial charge is 0.234 e. The summed E-state index contributed by atoms with van der Waals surface area (Å²) in [6, 6.07) is 0.579. The highest BCUT2D eigenvalue weighted by Crippen LogP contribution is 2.15. The number of hydrogen-bond donors (Lipinski definition) is 1. The normalized spacial score (nSPS) is 22.7. The van der Waals surface area contributed by atoms with Gasteiger partial charge in [-0.1, -0.05) is 19.8 Å².